The molecule has 0 aliphatic carbocycles. The average molecular weight is 321 g/mol. The SMILES string of the molecule is CC(O)(CCCS(C)(=O)=O)c1ccccc1Br. The van der Waals surface area contributed by atoms with E-state index >= 15 is 0 Å². The Morgan fingerprint density at radius 3 is 2.47 bits per heavy atom. The quantitative estimate of drug-likeness (QED) is 0.906. The minimum Gasteiger partial charge on any atom is -0.385 e. The maximum absolute atomic E-state index is 11.0. The highest BCUT2D eigenvalue weighted by atomic mass is 79.9. The van der Waals surface area contributed by atoms with Crippen molar-refractivity contribution in [3.63, 3.8) is 0 Å². The Kier molecular flexibility index (Phi) is 4.75. The third-order valence-corrected chi connectivity index (χ3v) is 4.35. The first-order chi connectivity index (χ1) is 7.72. The molecule has 1 aromatic rings. The summed E-state index contributed by atoms with van der Waals surface area (Å²) in [5, 5.41) is 10.3. The highest BCUT2D eigenvalue weighted by Crippen LogP contribution is 2.31. The number of benzene rings is 1. The molecule has 0 spiro atoms. The highest BCUT2D eigenvalue weighted by Gasteiger charge is 2.25. The zero-order valence-corrected chi connectivity index (χ0v) is 12.4. The van der Waals surface area contributed by atoms with Crippen molar-refractivity contribution in [2.75, 3.05) is 12.0 Å². The van der Waals surface area contributed by atoms with Crippen molar-refractivity contribution in [2.45, 2.75) is 25.4 Å². The minimum atomic E-state index is -2.96. The smallest absolute Gasteiger partial charge is 0.147 e. The molecule has 1 rings (SSSR count). The van der Waals surface area contributed by atoms with Crippen molar-refractivity contribution in [3.8, 4) is 0 Å². The molecule has 0 aliphatic rings. The third-order valence-electron chi connectivity index (χ3n) is 2.63. The Labute approximate surface area is 111 Å². The first kappa shape index (κ1) is 14.7. The Balaban J connectivity index is 2.72. The molecule has 0 fully saturated rings. The van der Waals surface area contributed by atoms with Crippen LogP contribution in [-0.2, 0) is 15.4 Å². The van der Waals surface area contributed by atoms with Gasteiger partial charge in [0.2, 0.25) is 0 Å². The summed E-state index contributed by atoms with van der Waals surface area (Å²) in [4.78, 5) is 0. The maximum Gasteiger partial charge on any atom is 0.147 e. The van der Waals surface area contributed by atoms with Gasteiger partial charge in [0.15, 0.2) is 0 Å². The second-order valence-corrected chi connectivity index (χ2v) is 7.60. The monoisotopic (exact) mass is 320 g/mol. The first-order valence-electron chi connectivity index (χ1n) is 5.37. The summed E-state index contributed by atoms with van der Waals surface area (Å²) in [6.07, 6.45) is 2.08. The molecule has 0 aromatic heterocycles. The second kappa shape index (κ2) is 5.50. The molecule has 5 heteroatoms. The molecule has 17 heavy (non-hydrogen) atoms. The molecular weight excluding hydrogens is 304 g/mol. The van der Waals surface area contributed by atoms with Gasteiger partial charge < -0.3 is 5.11 Å². The van der Waals surface area contributed by atoms with E-state index in [0.717, 1.165) is 10.0 Å². The van der Waals surface area contributed by atoms with E-state index in [2.05, 4.69) is 15.9 Å². The van der Waals surface area contributed by atoms with Gasteiger partial charge in [-0.05, 0) is 31.4 Å². The van der Waals surface area contributed by atoms with Crippen molar-refractivity contribution in [1.29, 1.82) is 0 Å². The summed E-state index contributed by atoms with van der Waals surface area (Å²) in [7, 11) is -2.96. The van der Waals surface area contributed by atoms with Gasteiger partial charge in [-0.25, -0.2) is 8.42 Å². The number of rotatable bonds is 5. The van der Waals surface area contributed by atoms with Gasteiger partial charge in [0, 0.05) is 16.5 Å². The molecule has 0 heterocycles. The van der Waals surface area contributed by atoms with Crippen LogP contribution in [-0.4, -0.2) is 25.5 Å². The summed E-state index contributed by atoms with van der Waals surface area (Å²) in [6, 6.07) is 7.43. The molecule has 0 aliphatic heterocycles. The van der Waals surface area contributed by atoms with Crippen molar-refractivity contribution < 1.29 is 13.5 Å². The Morgan fingerprint density at radius 1 is 1.35 bits per heavy atom. The lowest BCUT2D eigenvalue weighted by Gasteiger charge is -2.24. The molecule has 0 saturated carbocycles. The van der Waals surface area contributed by atoms with Gasteiger partial charge in [0.25, 0.3) is 0 Å². The number of halogens is 1. The van der Waals surface area contributed by atoms with Gasteiger partial charge in [-0.3, -0.25) is 0 Å². The van der Waals surface area contributed by atoms with Gasteiger partial charge in [0.1, 0.15) is 9.84 Å². The van der Waals surface area contributed by atoms with E-state index in [9.17, 15) is 13.5 Å². The van der Waals surface area contributed by atoms with Gasteiger partial charge in [-0.2, -0.15) is 0 Å². The average Bonchev–Trinajstić information content (AvgIpc) is 2.15. The minimum absolute atomic E-state index is 0.105. The summed E-state index contributed by atoms with van der Waals surface area (Å²) in [5.74, 6) is 0.105. The molecule has 1 N–H and O–H groups in total. The van der Waals surface area contributed by atoms with Gasteiger partial charge in [-0.15, -0.1) is 0 Å². The van der Waals surface area contributed by atoms with Crippen LogP contribution in [0.5, 0.6) is 0 Å². The molecule has 0 bridgehead atoms. The number of hydrogen-bond donors (Lipinski definition) is 1. The molecule has 0 radical (unpaired) electrons. The second-order valence-electron chi connectivity index (χ2n) is 4.49. The summed E-state index contributed by atoms with van der Waals surface area (Å²) < 4.78 is 22.9. The van der Waals surface area contributed by atoms with E-state index in [-0.39, 0.29) is 5.75 Å². The lowest BCUT2D eigenvalue weighted by Crippen LogP contribution is -2.22. The van der Waals surface area contributed by atoms with E-state index in [1.165, 1.54) is 6.26 Å². The molecular formula is C12H17BrO3S. The van der Waals surface area contributed by atoms with Crippen molar-refractivity contribution in [3.05, 3.63) is 34.3 Å². The summed E-state index contributed by atoms with van der Waals surface area (Å²) >= 11 is 3.39. The van der Waals surface area contributed by atoms with E-state index in [1.54, 1.807) is 6.92 Å². The third kappa shape index (κ3) is 4.77. The fourth-order valence-electron chi connectivity index (χ4n) is 1.71. The van der Waals surface area contributed by atoms with Crippen LogP contribution in [0, 0.1) is 0 Å². The Hall–Kier alpha value is -0.390. The zero-order valence-electron chi connectivity index (χ0n) is 9.98. The van der Waals surface area contributed by atoms with E-state index < -0.39 is 15.4 Å². The van der Waals surface area contributed by atoms with Crippen LogP contribution in [0.3, 0.4) is 0 Å². The standard InChI is InChI=1S/C12H17BrO3S/c1-12(14,8-5-9-17(2,15)16)10-6-3-4-7-11(10)13/h3-4,6-7,14H,5,8-9H2,1-2H3. The van der Waals surface area contributed by atoms with Gasteiger partial charge in [-0.1, -0.05) is 34.1 Å². The molecule has 0 saturated heterocycles. The van der Waals surface area contributed by atoms with Crippen LogP contribution in [0.2, 0.25) is 0 Å². The van der Waals surface area contributed by atoms with Crippen LogP contribution in [0.15, 0.2) is 28.7 Å². The van der Waals surface area contributed by atoms with Crippen molar-refractivity contribution in [2.24, 2.45) is 0 Å². The Morgan fingerprint density at radius 2 is 1.94 bits per heavy atom. The molecule has 1 atom stereocenters. The lowest BCUT2D eigenvalue weighted by molar-refractivity contribution is 0.0465. The van der Waals surface area contributed by atoms with Gasteiger partial charge in [0.05, 0.1) is 5.60 Å². The fraction of sp³-hybridized carbons (Fsp3) is 0.500. The summed E-state index contributed by atoms with van der Waals surface area (Å²) in [5.41, 5.74) is -0.223. The zero-order chi connectivity index (χ0) is 13.1. The number of hydrogen-bond acceptors (Lipinski definition) is 3. The normalized spacial score (nSPS) is 15.5. The fourth-order valence-corrected chi connectivity index (χ4v) is 3.09. The van der Waals surface area contributed by atoms with Crippen LogP contribution < -0.4 is 0 Å². The number of sulfone groups is 1. The topological polar surface area (TPSA) is 54.4 Å². The largest absolute Gasteiger partial charge is 0.385 e. The van der Waals surface area contributed by atoms with Gasteiger partial charge >= 0.3 is 0 Å². The molecule has 1 aromatic carbocycles. The van der Waals surface area contributed by atoms with E-state index in [1.807, 2.05) is 24.3 Å². The molecule has 0 amide bonds. The van der Waals surface area contributed by atoms with Crippen molar-refractivity contribution >= 4 is 25.8 Å². The maximum atomic E-state index is 11.0. The first-order valence-corrected chi connectivity index (χ1v) is 8.23. The number of aliphatic hydroxyl groups is 1. The van der Waals surface area contributed by atoms with Crippen LogP contribution in [0.4, 0.5) is 0 Å². The van der Waals surface area contributed by atoms with Crippen LogP contribution in [0.25, 0.3) is 0 Å². The molecule has 96 valence electrons. The molecule has 1 unspecified atom stereocenters. The highest BCUT2D eigenvalue weighted by molar-refractivity contribution is 9.10. The van der Waals surface area contributed by atoms with Crippen molar-refractivity contribution in [1.82, 2.24) is 0 Å². The van der Waals surface area contributed by atoms with E-state index in [4.69, 9.17) is 0 Å². The van der Waals surface area contributed by atoms with Crippen LogP contribution in [0.1, 0.15) is 25.3 Å². The predicted molar refractivity (Wildman–Crippen MR) is 72.7 cm³/mol. The predicted octanol–water partition coefficient (Wildman–Crippen LogP) is 2.48. The van der Waals surface area contributed by atoms with E-state index in [0.29, 0.717) is 12.8 Å². The van der Waals surface area contributed by atoms with Crippen LogP contribution >= 0.6 is 15.9 Å². The summed E-state index contributed by atoms with van der Waals surface area (Å²) in [6.45, 7) is 1.70. The molecule has 3 nitrogen and oxygen atoms in total. The lowest BCUT2D eigenvalue weighted by atomic mass is 9.91. The Bertz CT molecular complexity index is 480.